The molecule has 1 aromatic rings. The molecule has 1 aliphatic rings. The summed E-state index contributed by atoms with van der Waals surface area (Å²) in [4.78, 5) is 0.0805. The number of hydrogen-bond donors (Lipinski definition) is 1. The fraction of sp³-hybridized carbons (Fsp3) is 0.571. The summed E-state index contributed by atoms with van der Waals surface area (Å²) < 4.78 is 36.5. The topological polar surface area (TPSA) is 81.9 Å². The summed E-state index contributed by atoms with van der Waals surface area (Å²) in [5, 5.41) is 0. The van der Waals surface area contributed by atoms with Crippen molar-refractivity contribution in [2.75, 3.05) is 39.6 Å². The van der Waals surface area contributed by atoms with Gasteiger partial charge in [0.05, 0.1) is 12.3 Å². The highest BCUT2D eigenvalue weighted by Gasteiger charge is 2.23. The smallest absolute Gasteiger partial charge is 0.244 e. The largest absolute Gasteiger partial charge is 0.491 e. The Morgan fingerprint density at radius 2 is 2.00 bits per heavy atom. The lowest BCUT2D eigenvalue weighted by Gasteiger charge is -2.23. The van der Waals surface area contributed by atoms with Gasteiger partial charge in [-0.25, -0.2) is 12.7 Å². The van der Waals surface area contributed by atoms with E-state index in [0.717, 1.165) is 30.4 Å². The van der Waals surface area contributed by atoms with Gasteiger partial charge in [-0.15, -0.1) is 0 Å². The number of rotatable bonds is 5. The van der Waals surface area contributed by atoms with Gasteiger partial charge in [-0.05, 0) is 30.9 Å². The van der Waals surface area contributed by atoms with Crippen molar-refractivity contribution in [3.63, 3.8) is 0 Å². The molecule has 0 aromatic heterocycles. The number of benzene rings is 1. The van der Waals surface area contributed by atoms with Gasteiger partial charge in [0.1, 0.15) is 10.6 Å². The van der Waals surface area contributed by atoms with Crippen LogP contribution in [0.5, 0.6) is 5.75 Å². The summed E-state index contributed by atoms with van der Waals surface area (Å²) in [6.45, 7) is 2.02. The first-order valence-electron chi connectivity index (χ1n) is 6.94. The number of hydrogen-bond acceptors (Lipinski definition) is 5. The van der Waals surface area contributed by atoms with Gasteiger partial charge in [0.25, 0.3) is 0 Å². The SMILES string of the molecule is CN(C)S(=O)(=O)c1cccc(OCC2CCOCC2)c1N. The predicted octanol–water partition coefficient (Wildman–Crippen LogP) is 1.32. The minimum Gasteiger partial charge on any atom is -0.491 e. The number of sulfonamides is 1. The molecule has 21 heavy (non-hydrogen) atoms. The third kappa shape index (κ3) is 3.66. The van der Waals surface area contributed by atoms with Crippen molar-refractivity contribution in [3.05, 3.63) is 18.2 Å². The van der Waals surface area contributed by atoms with Gasteiger partial charge >= 0.3 is 0 Å². The molecule has 2 N–H and O–H groups in total. The van der Waals surface area contributed by atoms with Crippen molar-refractivity contribution in [3.8, 4) is 5.75 Å². The minimum atomic E-state index is -3.56. The van der Waals surface area contributed by atoms with Crippen LogP contribution in [-0.2, 0) is 14.8 Å². The molecule has 0 bridgehead atoms. The van der Waals surface area contributed by atoms with Crippen LogP contribution < -0.4 is 10.5 Å². The molecule has 118 valence electrons. The van der Waals surface area contributed by atoms with Crippen LogP contribution in [-0.4, -0.2) is 46.6 Å². The summed E-state index contributed by atoms with van der Waals surface area (Å²) in [5.74, 6) is 0.844. The summed E-state index contributed by atoms with van der Waals surface area (Å²) in [6.07, 6.45) is 1.91. The summed E-state index contributed by atoms with van der Waals surface area (Å²) in [7, 11) is -0.612. The molecule has 0 saturated carbocycles. The molecule has 1 saturated heterocycles. The zero-order valence-corrected chi connectivity index (χ0v) is 13.2. The van der Waals surface area contributed by atoms with Crippen molar-refractivity contribution in [1.29, 1.82) is 0 Å². The summed E-state index contributed by atoms with van der Waals surface area (Å²) in [6, 6.07) is 4.83. The van der Waals surface area contributed by atoms with Gasteiger partial charge in [0.2, 0.25) is 10.0 Å². The Morgan fingerprint density at radius 1 is 1.33 bits per heavy atom. The lowest BCUT2D eigenvalue weighted by Crippen LogP contribution is -2.24. The molecule has 2 rings (SSSR count). The van der Waals surface area contributed by atoms with Gasteiger partial charge in [-0.3, -0.25) is 0 Å². The molecule has 0 spiro atoms. The number of nitrogen functional groups attached to an aromatic ring is 1. The number of nitrogens with zero attached hydrogens (tertiary/aromatic N) is 1. The molecule has 0 unspecified atom stereocenters. The molecule has 0 amide bonds. The van der Waals surface area contributed by atoms with E-state index in [4.69, 9.17) is 15.2 Å². The zero-order chi connectivity index (χ0) is 15.5. The van der Waals surface area contributed by atoms with E-state index in [9.17, 15) is 8.42 Å². The van der Waals surface area contributed by atoms with Crippen LogP contribution >= 0.6 is 0 Å². The highest BCUT2D eigenvalue weighted by Crippen LogP contribution is 2.30. The highest BCUT2D eigenvalue weighted by molar-refractivity contribution is 7.89. The maximum Gasteiger partial charge on any atom is 0.244 e. The van der Waals surface area contributed by atoms with Gasteiger partial charge in [0, 0.05) is 27.3 Å². The molecule has 0 aliphatic carbocycles. The lowest BCUT2D eigenvalue weighted by molar-refractivity contribution is 0.0498. The molecule has 6 nitrogen and oxygen atoms in total. The number of anilines is 1. The molecule has 0 radical (unpaired) electrons. The fourth-order valence-corrected chi connectivity index (χ4v) is 3.21. The molecule has 1 heterocycles. The van der Waals surface area contributed by atoms with E-state index in [1.165, 1.54) is 20.2 Å². The Morgan fingerprint density at radius 3 is 2.62 bits per heavy atom. The second-order valence-electron chi connectivity index (χ2n) is 5.32. The molecule has 1 fully saturated rings. The summed E-state index contributed by atoms with van der Waals surface area (Å²) >= 11 is 0. The number of para-hydroxylation sites is 1. The normalized spacial score (nSPS) is 17.1. The van der Waals surface area contributed by atoms with Crippen molar-refractivity contribution in [2.24, 2.45) is 5.92 Å². The quantitative estimate of drug-likeness (QED) is 0.829. The second-order valence-corrected chi connectivity index (χ2v) is 7.44. The maximum atomic E-state index is 12.2. The van der Waals surface area contributed by atoms with Gasteiger partial charge in [0.15, 0.2) is 0 Å². The standard InChI is InChI=1S/C14H22N2O4S/c1-16(2)21(17,18)13-5-3-4-12(14(13)15)20-10-11-6-8-19-9-7-11/h3-5,11H,6-10,15H2,1-2H3. The van der Waals surface area contributed by atoms with Crippen LogP contribution in [0.15, 0.2) is 23.1 Å². The van der Waals surface area contributed by atoms with Gasteiger partial charge in [-0.2, -0.15) is 0 Å². The van der Waals surface area contributed by atoms with E-state index in [2.05, 4.69) is 0 Å². The predicted molar refractivity (Wildman–Crippen MR) is 80.8 cm³/mol. The minimum absolute atomic E-state index is 0.0805. The Balaban J connectivity index is 2.14. The van der Waals surface area contributed by atoms with E-state index >= 15 is 0 Å². The first-order valence-corrected chi connectivity index (χ1v) is 8.38. The van der Waals surface area contributed by atoms with E-state index in [1.54, 1.807) is 12.1 Å². The van der Waals surface area contributed by atoms with Crippen molar-refractivity contribution in [2.45, 2.75) is 17.7 Å². The van der Waals surface area contributed by atoms with Crippen molar-refractivity contribution in [1.82, 2.24) is 4.31 Å². The lowest BCUT2D eigenvalue weighted by atomic mass is 10.0. The molecular weight excluding hydrogens is 292 g/mol. The van der Waals surface area contributed by atoms with E-state index in [1.807, 2.05) is 0 Å². The third-order valence-corrected chi connectivity index (χ3v) is 5.47. The first-order chi connectivity index (χ1) is 9.93. The molecular formula is C14H22N2O4S. The fourth-order valence-electron chi connectivity index (χ4n) is 2.19. The van der Waals surface area contributed by atoms with Crippen LogP contribution in [0.3, 0.4) is 0 Å². The van der Waals surface area contributed by atoms with E-state index in [-0.39, 0.29) is 10.6 Å². The first kappa shape index (κ1) is 16.1. The van der Waals surface area contributed by atoms with Gasteiger partial charge < -0.3 is 15.2 Å². The second kappa shape index (κ2) is 6.64. The average Bonchev–Trinajstić information content (AvgIpc) is 2.47. The third-order valence-electron chi connectivity index (χ3n) is 3.60. The van der Waals surface area contributed by atoms with Crippen LogP contribution in [0.2, 0.25) is 0 Å². The van der Waals surface area contributed by atoms with Crippen LogP contribution in [0, 0.1) is 5.92 Å². The Kier molecular flexibility index (Phi) is 5.08. The van der Waals surface area contributed by atoms with Crippen LogP contribution in [0.1, 0.15) is 12.8 Å². The van der Waals surface area contributed by atoms with E-state index < -0.39 is 10.0 Å². The number of ether oxygens (including phenoxy) is 2. The van der Waals surface area contributed by atoms with Gasteiger partial charge in [-0.1, -0.05) is 6.07 Å². The van der Waals surface area contributed by atoms with E-state index in [0.29, 0.717) is 18.3 Å². The average molecular weight is 314 g/mol. The molecule has 1 aromatic carbocycles. The Bertz CT molecular complexity index is 581. The van der Waals surface area contributed by atoms with Crippen molar-refractivity contribution < 1.29 is 17.9 Å². The summed E-state index contributed by atoms with van der Waals surface area (Å²) in [5.41, 5.74) is 6.13. The molecule has 1 aliphatic heterocycles. The Labute approximate surface area is 125 Å². The highest BCUT2D eigenvalue weighted by atomic mass is 32.2. The maximum absolute atomic E-state index is 12.2. The van der Waals surface area contributed by atoms with Crippen molar-refractivity contribution >= 4 is 15.7 Å². The zero-order valence-electron chi connectivity index (χ0n) is 12.4. The molecule has 7 heteroatoms. The molecule has 0 atom stereocenters. The number of nitrogens with two attached hydrogens (primary N) is 1. The monoisotopic (exact) mass is 314 g/mol. The Hall–Kier alpha value is -1.31. The van der Waals surface area contributed by atoms with Crippen LogP contribution in [0.4, 0.5) is 5.69 Å². The van der Waals surface area contributed by atoms with Crippen LogP contribution in [0.25, 0.3) is 0 Å².